The monoisotopic (exact) mass is 351 g/mol. The molecule has 6 nitrogen and oxygen atoms in total. The molecular formula is C20H25N5O. The number of aromatic nitrogens is 4. The maximum Gasteiger partial charge on any atom is 0.179 e. The van der Waals surface area contributed by atoms with Gasteiger partial charge in [-0.1, -0.05) is 0 Å². The molecule has 136 valence electrons. The fourth-order valence-corrected chi connectivity index (χ4v) is 3.73. The molecule has 4 rings (SSSR count). The van der Waals surface area contributed by atoms with Crippen molar-refractivity contribution in [2.45, 2.75) is 40.0 Å². The molecule has 0 atom stereocenters. The maximum absolute atomic E-state index is 5.55. The highest BCUT2D eigenvalue weighted by Crippen LogP contribution is 2.30. The zero-order chi connectivity index (χ0) is 18.1. The van der Waals surface area contributed by atoms with E-state index in [2.05, 4.69) is 22.0 Å². The zero-order valence-electron chi connectivity index (χ0n) is 15.7. The van der Waals surface area contributed by atoms with Gasteiger partial charge in [-0.3, -0.25) is 0 Å². The number of aryl methyl sites for hydroxylation is 2. The van der Waals surface area contributed by atoms with Crippen molar-refractivity contribution in [3.05, 3.63) is 35.7 Å². The van der Waals surface area contributed by atoms with E-state index in [4.69, 9.17) is 9.84 Å². The van der Waals surface area contributed by atoms with Gasteiger partial charge in [0.05, 0.1) is 29.1 Å². The standard InChI is InChI=1S/C20H25N5O/c1-4-26-17-10-8-16(9-11-17)25-15(3)18-14(2)21-22-20(19(18)23-25)24-12-6-5-7-13-24/h8-11H,4-7,12-13H2,1-3H3. The molecule has 0 unspecified atom stereocenters. The summed E-state index contributed by atoms with van der Waals surface area (Å²) in [5, 5.41) is 15.0. The number of benzene rings is 1. The first-order valence-corrected chi connectivity index (χ1v) is 9.40. The minimum atomic E-state index is 0.666. The Kier molecular flexibility index (Phi) is 4.49. The summed E-state index contributed by atoms with van der Waals surface area (Å²) >= 11 is 0. The minimum absolute atomic E-state index is 0.666. The lowest BCUT2D eigenvalue weighted by molar-refractivity contribution is 0.340. The number of rotatable bonds is 4. The fraction of sp³-hybridized carbons (Fsp3) is 0.450. The number of fused-ring (bicyclic) bond motifs is 1. The van der Waals surface area contributed by atoms with Gasteiger partial charge < -0.3 is 9.64 Å². The molecule has 1 fully saturated rings. The molecule has 1 aliphatic rings. The second kappa shape index (κ2) is 6.94. The molecule has 0 spiro atoms. The Morgan fingerprint density at radius 1 is 1.00 bits per heavy atom. The fourth-order valence-electron chi connectivity index (χ4n) is 3.73. The first kappa shape index (κ1) is 16.8. The quantitative estimate of drug-likeness (QED) is 0.715. The Labute approximate surface area is 153 Å². The van der Waals surface area contributed by atoms with Crippen molar-refractivity contribution in [3.8, 4) is 11.4 Å². The summed E-state index contributed by atoms with van der Waals surface area (Å²) in [6, 6.07) is 8.06. The first-order valence-electron chi connectivity index (χ1n) is 9.40. The first-order chi connectivity index (χ1) is 12.7. The highest BCUT2D eigenvalue weighted by atomic mass is 16.5. The molecule has 0 bridgehead atoms. The Hall–Kier alpha value is -2.63. The number of hydrogen-bond acceptors (Lipinski definition) is 5. The Morgan fingerprint density at radius 3 is 2.42 bits per heavy atom. The van der Waals surface area contributed by atoms with Crippen molar-refractivity contribution in [3.63, 3.8) is 0 Å². The molecule has 1 saturated heterocycles. The van der Waals surface area contributed by atoms with Gasteiger partial charge >= 0.3 is 0 Å². The Balaban J connectivity index is 1.81. The van der Waals surface area contributed by atoms with Gasteiger partial charge in [0.2, 0.25) is 0 Å². The van der Waals surface area contributed by atoms with Crippen LogP contribution >= 0.6 is 0 Å². The van der Waals surface area contributed by atoms with Crippen molar-refractivity contribution in [1.29, 1.82) is 0 Å². The predicted octanol–water partition coefficient (Wildman–Crippen LogP) is 3.82. The third kappa shape index (κ3) is 2.89. The molecule has 1 aliphatic heterocycles. The molecule has 0 N–H and O–H groups in total. The second-order valence-electron chi connectivity index (χ2n) is 6.80. The van der Waals surface area contributed by atoms with Gasteiger partial charge in [0, 0.05) is 13.1 Å². The topological polar surface area (TPSA) is 56.1 Å². The molecule has 0 amide bonds. The van der Waals surface area contributed by atoms with Crippen LogP contribution in [-0.2, 0) is 0 Å². The lowest BCUT2D eigenvalue weighted by atomic mass is 10.1. The van der Waals surface area contributed by atoms with Crippen molar-refractivity contribution in [1.82, 2.24) is 20.0 Å². The van der Waals surface area contributed by atoms with E-state index in [1.165, 1.54) is 19.3 Å². The molecule has 3 heterocycles. The lowest BCUT2D eigenvalue weighted by Gasteiger charge is -2.27. The van der Waals surface area contributed by atoms with E-state index in [9.17, 15) is 0 Å². The number of ether oxygens (including phenoxy) is 1. The summed E-state index contributed by atoms with van der Waals surface area (Å²) in [4.78, 5) is 2.33. The third-order valence-corrected chi connectivity index (χ3v) is 5.03. The van der Waals surface area contributed by atoms with Crippen molar-refractivity contribution in [2.24, 2.45) is 0 Å². The number of nitrogens with zero attached hydrogens (tertiary/aromatic N) is 5. The van der Waals surface area contributed by atoms with Gasteiger partial charge in [-0.15, -0.1) is 5.10 Å². The highest BCUT2D eigenvalue weighted by molar-refractivity contribution is 5.92. The van der Waals surface area contributed by atoms with Gasteiger partial charge in [0.1, 0.15) is 11.3 Å². The van der Waals surface area contributed by atoms with E-state index in [0.29, 0.717) is 6.61 Å². The smallest absolute Gasteiger partial charge is 0.179 e. The molecule has 1 aromatic carbocycles. The second-order valence-corrected chi connectivity index (χ2v) is 6.80. The number of piperidine rings is 1. The molecule has 0 saturated carbocycles. The SMILES string of the molecule is CCOc1ccc(-n2nc3c(N4CCCCC4)nnc(C)c3c2C)cc1. The predicted molar refractivity (Wildman–Crippen MR) is 103 cm³/mol. The van der Waals surface area contributed by atoms with Crippen LogP contribution in [-0.4, -0.2) is 39.7 Å². The van der Waals surface area contributed by atoms with Crippen LogP contribution in [0.25, 0.3) is 16.6 Å². The highest BCUT2D eigenvalue weighted by Gasteiger charge is 2.21. The van der Waals surface area contributed by atoms with E-state index in [1.807, 2.05) is 42.8 Å². The van der Waals surface area contributed by atoms with Crippen LogP contribution in [0.3, 0.4) is 0 Å². The van der Waals surface area contributed by atoms with Crippen LogP contribution in [0.2, 0.25) is 0 Å². The van der Waals surface area contributed by atoms with Crippen molar-refractivity contribution < 1.29 is 4.74 Å². The molecule has 3 aromatic rings. The van der Waals surface area contributed by atoms with Gasteiger partial charge in [-0.2, -0.15) is 10.2 Å². The van der Waals surface area contributed by atoms with Gasteiger partial charge in [0.25, 0.3) is 0 Å². The van der Waals surface area contributed by atoms with E-state index >= 15 is 0 Å². The largest absolute Gasteiger partial charge is 0.494 e. The molecule has 6 heteroatoms. The number of anilines is 1. The van der Waals surface area contributed by atoms with Crippen molar-refractivity contribution in [2.75, 3.05) is 24.6 Å². The van der Waals surface area contributed by atoms with Crippen LogP contribution in [0, 0.1) is 13.8 Å². The van der Waals surface area contributed by atoms with Crippen LogP contribution in [0.5, 0.6) is 5.75 Å². The van der Waals surface area contributed by atoms with Crippen LogP contribution in [0.1, 0.15) is 37.6 Å². The zero-order valence-corrected chi connectivity index (χ0v) is 15.7. The van der Waals surface area contributed by atoms with E-state index < -0.39 is 0 Å². The maximum atomic E-state index is 5.55. The van der Waals surface area contributed by atoms with Crippen LogP contribution < -0.4 is 9.64 Å². The Bertz CT molecular complexity index is 910. The van der Waals surface area contributed by atoms with Gasteiger partial charge in [-0.25, -0.2) is 4.68 Å². The molecule has 0 radical (unpaired) electrons. The Morgan fingerprint density at radius 2 is 1.73 bits per heavy atom. The van der Waals surface area contributed by atoms with E-state index in [-0.39, 0.29) is 0 Å². The summed E-state index contributed by atoms with van der Waals surface area (Å²) < 4.78 is 7.54. The van der Waals surface area contributed by atoms with Gasteiger partial charge in [-0.05, 0) is 64.3 Å². The average Bonchev–Trinajstić information content (AvgIpc) is 3.02. The summed E-state index contributed by atoms with van der Waals surface area (Å²) in [6.45, 7) is 8.82. The molecule has 2 aromatic heterocycles. The normalized spacial score (nSPS) is 14.8. The van der Waals surface area contributed by atoms with E-state index in [1.54, 1.807) is 0 Å². The summed E-state index contributed by atoms with van der Waals surface area (Å²) in [5.74, 6) is 1.79. The summed E-state index contributed by atoms with van der Waals surface area (Å²) in [5.41, 5.74) is 3.99. The molecule has 0 aliphatic carbocycles. The summed E-state index contributed by atoms with van der Waals surface area (Å²) in [6.07, 6.45) is 3.70. The molecule has 26 heavy (non-hydrogen) atoms. The average molecular weight is 351 g/mol. The minimum Gasteiger partial charge on any atom is -0.494 e. The van der Waals surface area contributed by atoms with Crippen molar-refractivity contribution >= 4 is 16.7 Å². The lowest BCUT2D eigenvalue weighted by Crippen LogP contribution is -2.30. The van der Waals surface area contributed by atoms with E-state index in [0.717, 1.165) is 52.6 Å². The molecular weight excluding hydrogens is 326 g/mol. The van der Waals surface area contributed by atoms with Crippen LogP contribution in [0.4, 0.5) is 5.82 Å². The van der Waals surface area contributed by atoms with Crippen LogP contribution in [0.15, 0.2) is 24.3 Å². The van der Waals surface area contributed by atoms with Gasteiger partial charge in [0.15, 0.2) is 5.82 Å². The third-order valence-electron chi connectivity index (χ3n) is 5.03. The summed E-state index contributed by atoms with van der Waals surface area (Å²) in [7, 11) is 0. The number of hydrogen-bond donors (Lipinski definition) is 0.